The molecule has 3 N–H and O–H groups in total. The molecule has 0 saturated carbocycles. The van der Waals surface area contributed by atoms with E-state index in [2.05, 4.69) is 234 Å². The molecule has 0 spiro atoms. The van der Waals surface area contributed by atoms with Gasteiger partial charge in [-0.3, -0.25) is 5.32 Å². The van der Waals surface area contributed by atoms with Gasteiger partial charge < -0.3 is 10.6 Å². The van der Waals surface area contributed by atoms with Crippen molar-refractivity contribution in [3.63, 3.8) is 0 Å². The summed E-state index contributed by atoms with van der Waals surface area (Å²) in [5, 5.41) is 21.6. The number of rotatable bonds is 6. The summed E-state index contributed by atoms with van der Waals surface area (Å²) in [7, 11) is 0. The molecule has 0 radical (unpaired) electrons. The first kappa shape index (κ1) is 36.1. The van der Waals surface area contributed by atoms with Crippen LogP contribution in [0.15, 0.2) is 223 Å². The molecule has 9 aromatic rings. The van der Waals surface area contributed by atoms with Crippen LogP contribution in [0, 0.1) is 0 Å². The second-order valence-electron chi connectivity index (χ2n) is 16.4. The molecule has 9 aromatic carbocycles. The number of hydrogen-bond acceptors (Lipinski definition) is 4. The van der Waals surface area contributed by atoms with Crippen LogP contribution in [0.3, 0.4) is 0 Å². The van der Waals surface area contributed by atoms with Crippen molar-refractivity contribution < 1.29 is 0 Å². The lowest BCUT2D eigenvalue weighted by molar-refractivity contribution is 0.409. The second kappa shape index (κ2) is 15.0. The highest BCUT2D eigenvalue weighted by molar-refractivity contribution is 6.25. The lowest BCUT2D eigenvalue weighted by atomic mass is 9.90. The van der Waals surface area contributed by atoms with E-state index in [1.54, 1.807) is 0 Å². The highest BCUT2D eigenvalue weighted by Gasteiger charge is 2.27. The van der Waals surface area contributed by atoms with Crippen molar-refractivity contribution in [2.45, 2.75) is 18.4 Å². The number of aliphatic imine (C=N–C) groups is 1. The SMILES string of the molecule is C1=CC2=c3ccccc3=C(c3ccc(-c4cc(-c5ccc6c7ccccc7c7ccccc7c6c5)cc(C5N=C(c6ccccc6)NC(c6ccccc6)N5)c4)cc3)NC2C=C1. The van der Waals surface area contributed by atoms with Gasteiger partial charge in [-0.25, -0.2) is 4.99 Å². The summed E-state index contributed by atoms with van der Waals surface area (Å²) < 4.78 is 0. The Balaban J connectivity index is 1.03. The van der Waals surface area contributed by atoms with Crippen LogP contribution < -0.4 is 26.4 Å². The number of nitrogens with zero attached hydrogens (tertiary/aromatic N) is 1. The summed E-state index contributed by atoms with van der Waals surface area (Å²) in [6.45, 7) is 0. The van der Waals surface area contributed by atoms with E-state index in [1.807, 2.05) is 0 Å². The standard InChI is InChI=1S/C58H42N4/c1-3-15-39(16-4-1)56-60-57(40-17-5-2-6-18-40)62-58(61-56)44-34-42(37-27-29-38(30-28-37)55-52-25-12-11-23-49(52)51-24-13-14-26-54(51)59-55)33-43(35-44)41-31-32-50-47-21-8-7-19-45(47)46-20-9-10-22-48(46)53(50)36-41/h1-36,54,56,58-59,61H,(H,60,62). The third-order valence-electron chi connectivity index (χ3n) is 12.7. The van der Waals surface area contributed by atoms with Crippen molar-refractivity contribution in [3.8, 4) is 22.3 Å². The fraction of sp³-hybridized carbons (Fsp3) is 0.0517. The Hall–Kier alpha value is -7.79. The minimum Gasteiger partial charge on any atom is -0.374 e. The highest BCUT2D eigenvalue weighted by Crippen LogP contribution is 2.39. The minimum absolute atomic E-state index is 0.138. The molecule has 294 valence electrons. The van der Waals surface area contributed by atoms with Gasteiger partial charge in [-0.2, -0.15) is 0 Å². The van der Waals surface area contributed by atoms with E-state index >= 15 is 0 Å². The zero-order chi connectivity index (χ0) is 41.0. The quantitative estimate of drug-likeness (QED) is 0.147. The largest absolute Gasteiger partial charge is 0.374 e. The summed E-state index contributed by atoms with van der Waals surface area (Å²) in [5.74, 6) is 0.865. The van der Waals surface area contributed by atoms with Crippen LogP contribution in [-0.4, -0.2) is 11.9 Å². The first-order valence-electron chi connectivity index (χ1n) is 21.5. The predicted octanol–water partition coefficient (Wildman–Crippen LogP) is 11.2. The van der Waals surface area contributed by atoms with Gasteiger partial charge in [0.05, 0.1) is 11.7 Å². The first-order valence-corrected chi connectivity index (χ1v) is 21.5. The molecule has 0 aromatic heterocycles. The number of allylic oxidation sites excluding steroid dienone is 2. The van der Waals surface area contributed by atoms with E-state index in [4.69, 9.17) is 4.99 Å². The first-order chi connectivity index (χ1) is 30.7. The van der Waals surface area contributed by atoms with Crippen LogP contribution in [0.4, 0.5) is 0 Å². The normalized spacial score (nSPS) is 17.9. The molecule has 0 saturated heterocycles. The summed E-state index contributed by atoms with van der Waals surface area (Å²) in [6.07, 6.45) is 8.27. The average molecular weight is 795 g/mol. The Bertz CT molecular complexity index is 3400. The monoisotopic (exact) mass is 794 g/mol. The average Bonchev–Trinajstić information content (AvgIpc) is 3.36. The van der Waals surface area contributed by atoms with Crippen molar-refractivity contribution in [3.05, 3.63) is 251 Å². The number of fused-ring (bicyclic) bond motifs is 8. The minimum atomic E-state index is -0.318. The molecule has 3 atom stereocenters. The smallest absolute Gasteiger partial charge is 0.131 e. The number of benzene rings is 9. The van der Waals surface area contributed by atoms with Crippen LogP contribution in [0.5, 0.6) is 0 Å². The Labute approximate surface area is 360 Å². The summed E-state index contributed by atoms with van der Waals surface area (Å²) >= 11 is 0. The Morgan fingerprint density at radius 2 is 0.968 bits per heavy atom. The Kier molecular flexibility index (Phi) is 8.75. The second-order valence-corrected chi connectivity index (χ2v) is 16.4. The van der Waals surface area contributed by atoms with Crippen molar-refractivity contribution in [1.29, 1.82) is 0 Å². The molecule has 2 heterocycles. The van der Waals surface area contributed by atoms with E-state index in [0.29, 0.717) is 0 Å². The molecule has 2 aliphatic heterocycles. The van der Waals surface area contributed by atoms with Crippen LogP contribution in [0.25, 0.3) is 65.8 Å². The predicted molar refractivity (Wildman–Crippen MR) is 258 cm³/mol. The Morgan fingerprint density at radius 3 is 1.69 bits per heavy atom. The third kappa shape index (κ3) is 6.32. The van der Waals surface area contributed by atoms with Gasteiger partial charge in [0.2, 0.25) is 0 Å². The van der Waals surface area contributed by atoms with E-state index in [-0.39, 0.29) is 18.4 Å². The summed E-state index contributed by atoms with van der Waals surface area (Å²) in [6, 6.07) is 70.6. The fourth-order valence-corrected chi connectivity index (χ4v) is 9.70. The fourth-order valence-electron chi connectivity index (χ4n) is 9.70. The van der Waals surface area contributed by atoms with E-state index in [0.717, 1.165) is 50.5 Å². The molecule has 62 heavy (non-hydrogen) atoms. The maximum absolute atomic E-state index is 5.39. The van der Waals surface area contributed by atoms with Gasteiger partial charge in [-0.15, -0.1) is 0 Å². The molecule has 3 unspecified atom stereocenters. The lowest BCUT2D eigenvalue weighted by Crippen LogP contribution is -2.45. The van der Waals surface area contributed by atoms with Crippen LogP contribution >= 0.6 is 0 Å². The highest BCUT2D eigenvalue weighted by atomic mass is 15.3. The van der Waals surface area contributed by atoms with Gasteiger partial charge in [-0.1, -0.05) is 194 Å². The van der Waals surface area contributed by atoms with Crippen molar-refractivity contribution in [2.75, 3.05) is 0 Å². The van der Waals surface area contributed by atoms with Gasteiger partial charge in [0.15, 0.2) is 0 Å². The maximum atomic E-state index is 5.39. The van der Waals surface area contributed by atoms with Gasteiger partial charge in [-0.05, 0) is 106 Å². The molecule has 12 rings (SSSR count). The maximum Gasteiger partial charge on any atom is 0.131 e. The van der Waals surface area contributed by atoms with Crippen LogP contribution in [0.2, 0.25) is 0 Å². The molecule has 0 bridgehead atoms. The topological polar surface area (TPSA) is 48.5 Å². The molecular formula is C58H42N4. The molecule has 0 fully saturated rings. The van der Waals surface area contributed by atoms with Gasteiger partial charge in [0, 0.05) is 10.8 Å². The van der Waals surface area contributed by atoms with E-state index in [9.17, 15) is 0 Å². The number of amidine groups is 1. The zero-order valence-corrected chi connectivity index (χ0v) is 34.0. The van der Waals surface area contributed by atoms with Crippen molar-refractivity contribution >= 4 is 49.4 Å². The molecule has 0 amide bonds. The van der Waals surface area contributed by atoms with Crippen molar-refractivity contribution in [1.82, 2.24) is 16.0 Å². The van der Waals surface area contributed by atoms with Crippen LogP contribution in [0.1, 0.15) is 34.6 Å². The van der Waals surface area contributed by atoms with Gasteiger partial charge in [0.25, 0.3) is 0 Å². The van der Waals surface area contributed by atoms with E-state index in [1.165, 1.54) is 53.9 Å². The van der Waals surface area contributed by atoms with E-state index < -0.39 is 0 Å². The number of hydrogen-bond donors (Lipinski definition) is 3. The van der Waals surface area contributed by atoms with Gasteiger partial charge in [0.1, 0.15) is 18.2 Å². The molecule has 4 nitrogen and oxygen atoms in total. The molecule has 3 aliphatic rings. The lowest BCUT2D eigenvalue weighted by Gasteiger charge is -2.32. The summed E-state index contributed by atoms with van der Waals surface area (Å²) in [5.41, 5.74) is 11.5. The zero-order valence-electron chi connectivity index (χ0n) is 34.0. The molecular weight excluding hydrogens is 753 g/mol. The summed E-state index contributed by atoms with van der Waals surface area (Å²) in [4.78, 5) is 5.39. The molecule has 1 aliphatic carbocycles. The molecule has 4 heteroatoms. The Morgan fingerprint density at radius 1 is 0.387 bits per heavy atom. The number of nitrogens with one attached hydrogen (secondary N) is 3. The van der Waals surface area contributed by atoms with Gasteiger partial charge >= 0.3 is 0 Å². The van der Waals surface area contributed by atoms with Crippen molar-refractivity contribution in [2.24, 2.45) is 4.99 Å². The van der Waals surface area contributed by atoms with Crippen LogP contribution in [-0.2, 0) is 0 Å². The third-order valence-corrected chi connectivity index (χ3v) is 12.7.